The molecule has 2 heterocycles. The van der Waals surface area contributed by atoms with Gasteiger partial charge in [-0.15, -0.1) is 0 Å². The van der Waals surface area contributed by atoms with Crippen molar-refractivity contribution < 1.29 is 4.42 Å². The molecule has 0 radical (unpaired) electrons. The molecule has 0 spiro atoms. The molecule has 45 heavy (non-hydrogen) atoms. The van der Waals surface area contributed by atoms with Crippen molar-refractivity contribution in [3.8, 4) is 45.3 Å². The first kappa shape index (κ1) is 25.4. The molecule has 0 saturated heterocycles. The Labute approximate surface area is 259 Å². The van der Waals surface area contributed by atoms with Gasteiger partial charge < -0.3 is 4.42 Å². The van der Waals surface area contributed by atoms with Gasteiger partial charge in [-0.2, -0.15) is 0 Å². The van der Waals surface area contributed by atoms with Crippen molar-refractivity contribution in [2.75, 3.05) is 0 Å². The molecule has 0 aliphatic rings. The maximum absolute atomic E-state index is 6.23. The van der Waals surface area contributed by atoms with E-state index in [1.165, 1.54) is 10.8 Å². The van der Waals surface area contributed by atoms with Gasteiger partial charge in [0.05, 0.1) is 0 Å². The summed E-state index contributed by atoms with van der Waals surface area (Å²) in [6.07, 6.45) is 0. The van der Waals surface area contributed by atoms with E-state index in [9.17, 15) is 0 Å². The third kappa shape index (κ3) is 4.35. The summed E-state index contributed by atoms with van der Waals surface area (Å²) < 4.78 is 6.23. The highest BCUT2D eigenvalue weighted by Crippen LogP contribution is 2.37. The quantitative estimate of drug-likeness (QED) is 0.209. The number of aromatic nitrogens is 3. The summed E-state index contributed by atoms with van der Waals surface area (Å²) in [4.78, 5) is 15.4. The highest BCUT2D eigenvalue weighted by molar-refractivity contribution is 6.11. The zero-order valence-electron chi connectivity index (χ0n) is 24.2. The summed E-state index contributed by atoms with van der Waals surface area (Å²) in [6.45, 7) is 0. The molecule has 0 fully saturated rings. The fraction of sp³-hybridized carbons (Fsp3) is 0. The van der Waals surface area contributed by atoms with E-state index in [2.05, 4.69) is 121 Å². The van der Waals surface area contributed by atoms with Crippen molar-refractivity contribution >= 4 is 43.5 Å². The van der Waals surface area contributed by atoms with Crippen LogP contribution in [0.3, 0.4) is 0 Å². The Balaban J connectivity index is 1.28. The molecule has 9 rings (SSSR count). The maximum Gasteiger partial charge on any atom is 0.164 e. The molecule has 4 heteroatoms. The molecule has 0 atom stereocenters. The summed E-state index contributed by atoms with van der Waals surface area (Å²) in [6, 6.07) is 52.3. The monoisotopic (exact) mass is 575 g/mol. The first-order valence-electron chi connectivity index (χ1n) is 15.0. The molecule has 7 aromatic carbocycles. The molecule has 0 saturated carbocycles. The van der Waals surface area contributed by atoms with Crippen molar-refractivity contribution in [2.45, 2.75) is 0 Å². The molecule has 0 N–H and O–H groups in total. The van der Waals surface area contributed by atoms with Gasteiger partial charge in [0.25, 0.3) is 0 Å². The number of rotatable bonds is 4. The number of hydrogen-bond donors (Lipinski definition) is 0. The van der Waals surface area contributed by atoms with Crippen LogP contribution in [0, 0.1) is 0 Å². The highest BCUT2D eigenvalue weighted by atomic mass is 16.3. The Hall–Kier alpha value is -6.13. The average molecular weight is 576 g/mol. The highest BCUT2D eigenvalue weighted by Gasteiger charge is 2.18. The van der Waals surface area contributed by atoms with Gasteiger partial charge in [0.15, 0.2) is 17.5 Å². The summed E-state index contributed by atoms with van der Waals surface area (Å²) in [5.41, 5.74) is 6.70. The van der Waals surface area contributed by atoms with Crippen LogP contribution in [0.5, 0.6) is 0 Å². The lowest BCUT2D eigenvalue weighted by molar-refractivity contribution is 0.669. The lowest BCUT2D eigenvalue weighted by atomic mass is 9.99. The van der Waals surface area contributed by atoms with Crippen LogP contribution < -0.4 is 0 Å². The van der Waals surface area contributed by atoms with E-state index in [0.29, 0.717) is 17.5 Å². The minimum Gasteiger partial charge on any atom is -0.456 e. The van der Waals surface area contributed by atoms with Gasteiger partial charge in [-0.05, 0) is 56.9 Å². The van der Waals surface area contributed by atoms with Gasteiger partial charge in [0.2, 0.25) is 0 Å². The second-order valence-corrected chi connectivity index (χ2v) is 11.3. The Bertz CT molecular complexity index is 2560. The number of benzene rings is 7. The summed E-state index contributed by atoms with van der Waals surface area (Å²) in [5, 5.41) is 6.70. The van der Waals surface area contributed by atoms with Gasteiger partial charge in [-0.3, -0.25) is 0 Å². The summed E-state index contributed by atoms with van der Waals surface area (Å²) in [7, 11) is 0. The summed E-state index contributed by atoms with van der Waals surface area (Å²) >= 11 is 0. The van der Waals surface area contributed by atoms with Crippen LogP contribution in [-0.4, -0.2) is 15.0 Å². The van der Waals surface area contributed by atoms with E-state index in [0.717, 1.165) is 60.5 Å². The standard InChI is InChI=1S/C41H25N3O/c1-2-12-28-24-30(23-22-26(28)10-1)29-14-7-15-31(25-29)39-42-40(33-18-8-13-27-11-3-4-16-32(27)33)44-41(43-39)35-19-9-21-37-38(35)34-17-5-6-20-36(34)45-37/h1-25H. The topological polar surface area (TPSA) is 51.8 Å². The normalized spacial score (nSPS) is 11.6. The molecule has 0 unspecified atom stereocenters. The fourth-order valence-electron chi connectivity index (χ4n) is 6.33. The van der Waals surface area contributed by atoms with Crippen molar-refractivity contribution in [2.24, 2.45) is 0 Å². The lowest BCUT2D eigenvalue weighted by Gasteiger charge is -2.12. The van der Waals surface area contributed by atoms with Crippen LogP contribution in [0.15, 0.2) is 156 Å². The van der Waals surface area contributed by atoms with Gasteiger partial charge in [0, 0.05) is 27.5 Å². The molecule has 9 aromatic rings. The van der Waals surface area contributed by atoms with Crippen LogP contribution in [-0.2, 0) is 0 Å². The largest absolute Gasteiger partial charge is 0.456 e. The van der Waals surface area contributed by atoms with Crippen molar-refractivity contribution in [1.82, 2.24) is 15.0 Å². The molecular weight excluding hydrogens is 550 g/mol. The van der Waals surface area contributed by atoms with Crippen LogP contribution in [0.4, 0.5) is 0 Å². The molecule has 0 bridgehead atoms. The Kier molecular flexibility index (Phi) is 5.78. The smallest absolute Gasteiger partial charge is 0.164 e. The van der Waals surface area contributed by atoms with Crippen LogP contribution in [0.25, 0.3) is 88.8 Å². The molecular formula is C41H25N3O. The number of hydrogen-bond acceptors (Lipinski definition) is 4. The number of para-hydroxylation sites is 1. The Morgan fingerprint density at radius 2 is 0.956 bits per heavy atom. The Morgan fingerprint density at radius 3 is 1.87 bits per heavy atom. The molecule has 210 valence electrons. The van der Waals surface area contributed by atoms with Crippen molar-refractivity contribution in [3.05, 3.63) is 152 Å². The maximum atomic E-state index is 6.23. The number of furan rings is 1. The average Bonchev–Trinajstić information content (AvgIpc) is 3.50. The second kappa shape index (κ2) is 10.2. The van der Waals surface area contributed by atoms with E-state index < -0.39 is 0 Å². The molecule has 4 nitrogen and oxygen atoms in total. The first-order chi connectivity index (χ1) is 22.3. The molecule has 2 aromatic heterocycles. The van der Waals surface area contributed by atoms with Gasteiger partial charge in [-0.25, -0.2) is 15.0 Å². The van der Waals surface area contributed by atoms with Crippen LogP contribution in [0.1, 0.15) is 0 Å². The minimum absolute atomic E-state index is 0.608. The number of fused-ring (bicyclic) bond motifs is 5. The third-order valence-corrected chi connectivity index (χ3v) is 8.51. The second-order valence-electron chi connectivity index (χ2n) is 11.3. The lowest BCUT2D eigenvalue weighted by Crippen LogP contribution is -2.01. The predicted octanol–water partition coefficient (Wildman–Crippen LogP) is 10.7. The first-order valence-corrected chi connectivity index (χ1v) is 15.0. The van der Waals surface area contributed by atoms with Crippen LogP contribution in [0.2, 0.25) is 0 Å². The van der Waals surface area contributed by atoms with E-state index in [1.807, 2.05) is 30.3 Å². The van der Waals surface area contributed by atoms with E-state index in [-0.39, 0.29) is 0 Å². The molecule has 0 aliphatic carbocycles. The van der Waals surface area contributed by atoms with Gasteiger partial charge in [0.1, 0.15) is 11.2 Å². The number of nitrogens with zero attached hydrogens (tertiary/aromatic N) is 3. The predicted molar refractivity (Wildman–Crippen MR) is 184 cm³/mol. The van der Waals surface area contributed by atoms with E-state index >= 15 is 0 Å². The molecule has 0 amide bonds. The SMILES string of the molecule is c1cc(-c2ccc3ccccc3c2)cc(-c2nc(-c3cccc4ccccc34)nc(-c3cccc4oc5ccccc5c34)n2)c1. The molecule has 0 aliphatic heterocycles. The minimum atomic E-state index is 0.608. The summed E-state index contributed by atoms with van der Waals surface area (Å²) in [5.74, 6) is 1.86. The van der Waals surface area contributed by atoms with Crippen molar-refractivity contribution in [3.63, 3.8) is 0 Å². The third-order valence-electron chi connectivity index (χ3n) is 8.51. The van der Waals surface area contributed by atoms with Crippen LogP contribution >= 0.6 is 0 Å². The van der Waals surface area contributed by atoms with Crippen molar-refractivity contribution in [1.29, 1.82) is 0 Å². The van der Waals surface area contributed by atoms with Gasteiger partial charge in [-0.1, -0.05) is 127 Å². The zero-order valence-corrected chi connectivity index (χ0v) is 24.2. The van der Waals surface area contributed by atoms with Gasteiger partial charge >= 0.3 is 0 Å². The fourth-order valence-corrected chi connectivity index (χ4v) is 6.33. The van der Waals surface area contributed by atoms with E-state index in [4.69, 9.17) is 19.4 Å². The van der Waals surface area contributed by atoms with E-state index in [1.54, 1.807) is 0 Å². The zero-order chi connectivity index (χ0) is 29.7. The Morgan fingerprint density at radius 1 is 0.356 bits per heavy atom.